The van der Waals surface area contributed by atoms with E-state index in [1.54, 1.807) is 25.1 Å². The predicted octanol–water partition coefficient (Wildman–Crippen LogP) is 0.385. The fourth-order valence-electron chi connectivity index (χ4n) is 3.51. The molecule has 1 aliphatic heterocycles. The summed E-state index contributed by atoms with van der Waals surface area (Å²) in [5, 5.41) is 25.0. The van der Waals surface area contributed by atoms with Crippen LogP contribution in [0.4, 0.5) is 11.5 Å². The molecule has 0 aliphatic carbocycles. The lowest BCUT2D eigenvalue weighted by Crippen LogP contribution is -2.43. The minimum atomic E-state index is -1.91. The number of ether oxygens (including phenoxy) is 1. The van der Waals surface area contributed by atoms with E-state index in [0.717, 1.165) is 0 Å². The van der Waals surface area contributed by atoms with E-state index in [0.29, 0.717) is 36.7 Å². The summed E-state index contributed by atoms with van der Waals surface area (Å²) in [4.78, 5) is 14.7. The number of rotatable bonds is 7. The Hall–Kier alpha value is -2.42. The van der Waals surface area contributed by atoms with Gasteiger partial charge in [-0.15, -0.1) is 0 Å². The fraction of sp³-hybridized carbons (Fsp3) is 0.444. The quantitative estimate of drug-likeness (QED) is 0.615. The molecule has 0 spiro atoms. The van der Waals surface area contributed by atoms with Crippen LogP contribution in [0.3, 0.4) is 0 Å². The first-order valence-electron chi connectivity index (χ1n) is 8.62. The molecule has 0 saturated heterocycles. The maximum Gasteiger partial charge on any atom is 0.268 e. The standard InChI is InChI=1S/C18H24N4O4/c1-3-26-11-9-21-14-7-5-4-6-13(14)18(25,17(21)24)15-12(2)20-22(8-10-23)16(15)19/h4-7,23,25H,3,8-11,19H2,1-2H3. The molecule has 1 aromatic heterocycles. The molecule has 1 unspecified atom stereocenters. The van der Waals surface area contributed by atoms with Crippen LogP contribution in [-0.4, -0.2) is 52.3 Å². The third-order valence-electron chi connectivity index (χ3n) is 4.64. The molecule has 2 aromatic rings. The van der Waals surface area contributed by atoms with E-state index < -0.39 is 11.5 Å². The highest BCUT2D eigenvalue weighted by Crippen LogP contribution is 2.46. The van der Waals surface area contributed by atoms with E-state index in [-0.39, 0.29) is 24.5 Å². The molecule has 3 rings (SSSR count). The number of nitrogens with two attached hydrogens (primary N) is 1. The molecule has 0 bridgehead atoms. The lowest BCUT2D eigenvalue weighted by molar-refractivity contribution is -0.132. The number of aromatic nitrogens is 2. The maximum atomic E-state index is 13.2. The second-order valence-electron chi connectivity index (χ2n) is 6.17. The highest BCUT2D eigenvalue weighted by molar-refractivity contribution is 6.09. The highest BCUT2D eigenvalue weighted by Gasteiger charge is 2.53. The summed E-state index contributed by atoms with van der Waals surface area (Å²) in [5.41, 5.74) is 6.09. The average molecular weight is 360 g/mol. The summed E-state index contributed by atoms with van der Waals surface area (Å²) in [7, 11) is 0. The van der Waals surface area contributed by atoms with Gasteiger partial charge in [0.15, 0.2) is 0 Å². The smallest absolute Gasteiger partial charge is 0.268 e. The van der Waals surface area contributed by atoms with Gasteiger partial charge in [-0.05, 0) is 19.9 Å². The van der Waals surface area contributed by atoms with Crippen LogP contribution in [-0.2, 0) is 21.7 Å². The van der Waals surface area contributed by atoms with Crippen molar-refractivity contribution >= 4 is 17.4 Å². The summed E-state index contributed by atoms with van der Waals surface area (Å²) >= 11 is 0. The second-order valence-corrected chi connectivity index (χ2v) is 6.17. The zero-order valence-electron chi connectivity index (χ0n) is 15.0. The number of hydrogen-bond acceptors (Lipinski definition) is 6. The molecule has 140 valence electrons. The van der Waals surface area contributed by atoms with Gasteiger partial charge in [0.2, 0.25) is 5.60 Å². The Morgan fingerprint density at radius 3 is 2.73 bits per heavy atom. The number of para-hydroxylation sites is 1. The van der Waals surface area contributed by atoms with E-state index in [2.05, 4.69) is 5.10 Å². The first-order valence-corrected chi connectivity index (χ1v) is 8.62. The summed E-state index contributed by atoms with van der Waals surface area (Å²) in [6.07, 6.45) is 0. The predicted molar refractivity (Wildman–Crippen MR) is 96.7 cm³/mol. The van der Waals surface area contributed by atoms with E-state index in [1.165, 1.54) is 9.58 Å². The van der Waals surface area contributed by atoms with Crippen molar-refractivity contribution in [3.63, 3.8) is 0 Å². The Kier molecular flexibility index (Phi) is 4.99. The van der Waals surface area contributed by atoms with Crippen molar-refractivity contribution in [2.45, 2.75) is 26.0 Å². The van der Waals surface area contributed by atoms with Crippen molar-refractivity contribution in [3.8, 4) is 0 Å². The van der Waals surface area contributed by atoms with Gasteiger partial charge >= 0.3 is 0 Å². The number of fused-ring (bicyclic) bond motifs is 1. The SMILES string of the molecule is CCOCCN1C(=O)C(O)(c2c(C)nn(CCO)c2N)c2ccccc21. The highest BCUT2D eigenvalue weighted by atomic mass is 16.5. The number of carbonyl (C=O) groups is 1. The maximum absolute atomic E-state index is 13.2. The van der Waals surface area contributed by atoms with Crippen molar-refractivity contribution in [1.82, 2.24) is 9.78 Å². The minimum Gasteiger partial charge on any atom is -0.394 e. The van der Waals surface area contributed by atoms with E-state index in [1.807, 2.05) is 13.0 Å². The van der Waals surface area contributed by atoms with Crippen molar-refractivity contribution in [1.29, 1.82) is 0 Å². The third kappa shape index (κ3) is 2.66. The fourth-order valence-corrected chi connectivity index (χ4v) is 3.51. The van der Waals surface area contributed by atoms with E-state index in [9.17, 15) is 15.0 Å². The van der Waals surface area contributed by atoms with Crippen LogP contribution in [0.25, 0.3) is 0 Å². The average Bonchev–Trinajstić information content (AvgIpc) is 3.02. The topological polar surface area (TPSA) is 114 Å². The molecule has 0 saturated carbocycles. The van der Waals surface area contributed by atoms with Gasteiger partial charge in [-0.1, -0.05) is 18.2 Å². The van der Waals surface area contributed by atoms with Gasteiger partial charge in [-0.3, -0.25) is 4.79 Å². The van der Waals surface area contributed by atoms with Crippen molar-refractivity contribution in [2.75, 3.05) is 37.0 Å². The van der Waals surface area contributed by atoms with Crippen LogP contribution < -0.4 is 10.6 Å². The van der Waals surface area contributed by atoms with Crippen LogP contribution in [0.15, 0.2) is 24.3 Å². The number of amides is 1. The molecule has 4 N–H and O–H groups in total. The Labute approximate surface area is 151 Å². The minimum absolute atomic E-state index is 0.145. The largest absolute Gasteiger partial charge is 0.394 e. The molecule has 1 atom stereocenters. The van der Waals surface area contributed by atoms with Gasteiger partial charge in [0.05, 0.1) is 36.7 Å². The van der Waals surface area contributed by atoms with Gasteiger partial charge in [0.1, 0.15) is 5.82 Å². The van der Waals surface area contributed by atoms with E-state index >= 15 is 0 Å². The van der Waals surface area contributed by atoms with E-state index in [4.69, 9.17) is 10.5 Å². The third-order valence-corrected chi connectivity index (χ3v) is 4.64. The van der Waals surface area contributed by atoms with Crippen LogP contribution in [0, 0.1) is 6.92 Å². The molecule has 1 amide bonds. The van der Waals surface area contributed by atoms with Crippen LogP contribution >= 0.6 is 0 Å². The van der Waals surface area contributed by atoms with Crippen LogP contribution in [0.2, 0.25) is 0 Å². The number of aryl methyl sites for hydroxylation is 1. The Morgan fingerprint density at radius 1 is 1.31 bits per heavy atom. The zero-order chi connectivity index (χ0) is 18.9. The van der Waals surface area contributed by atoms with Crippen molar-refractivity contribution < 1.29 is 19.7 Å². The number of nitrogen functional groups attached to an aromatic ring is 1. The Bertz CT molecular complexity index is 820. The second kappa shape index (κ2) is 7.06. The lowest BCUT2D eigenvalue weighted by atomic mass is 9.87. The summed E-state index contributed by atoms with van der Waals surface area (Å²) in [5.74, 6) is -0.300. The van der Waals surface area contributed by atoms with Gasteiger partial charge in [0, 0.05) is 18.7 Å². The van der Waals surface area contributed by atoms with Gasteiger partial charge < -0.3 is 25.6 Å². The van der Waals surface area contributed by atoms with Crippen LogP contribution in [0.5, 0.6) is 0 Å². The summed E-state index contributed by atoms with van der Waals surface area (Å²) in [6.45, 7) is 4.86. The molecular weight excluding hydrogens is 336 g/mol. The normalized spacial score (nSPS) is 19.2. The molecule has 0 fully saturated rings. The number of nitrogens with zero attached hydrogens (tertiary/aromatic N) is 3. The van der Waals surface area contributed by atoms with Gasteiger partial charge in [0.25, 0.3) is 5.91 Å². The lowest BCUT2D eigenvalue weighted by Gasteiger charge is -2.24. The van der Waals surface area contributed by atoms with Crippen molar-refractivity contribution in [3.05, 3.63) is 41.1 Å². The molecule has 1 aromatic carbocycles. The number of anilines is 2. The Morgan fingerprint density at radius 2 is 2.04 bits per heavy atom. The molecule has 26 heavy (non-hydrogen) atoms. The van der Waals surface area contributed by atoms with Gasteiger partial charge in [-0.25, -0.2) is 4.68 Å². The molecular formula is C18H24N4O4. The number of benzene rings is 1. The number of carbonyl (C=O) groups excluding carboxylic acids is 1. The first-order chi connectivity index (χ1) is 12.5. The molecule has 8 heteroatoms. The van der Waals surface area contributed by atoms with Crippen molar-refractivity contribution in [2.24, 2.45) is 0 Å². The molecule has 1 aliphatic rings. The van der Waals surface area contributed by atoms with Crippen LogP contribution in [0.1, 0.15) is 23.7 Å². The molecule has 0 radical (unpaired) electrons. The summed E-state index contributed by atoms with van der Waals surface area (Å²) in [6, 6.07) is 7.10. The first kappa shape index (κ1) is 18.4. The summed E-state index contributed by atoms with van der Waals surface area (Å²) < 4.78 is 6.78. The zero-order valence-corrected chi connectivity index (χ0v) is 15.0. The molecule has 8 nitrogen and oxygen atoms in total. The number of hydrogen-bond donors (Lipinski definition) is 3. The molecule has 2 heterocycles. The van der Waals surface area contributed by atoms with Gasteiger partial charge in [-0.2, -0.15) is 5.10 Å². The Balaban J connectivity index is 2.11. The number of aliphatic hydroxyl groups is 2. The monoisotopic (exact) mass is 360 g/mol. The number of aliphatic hydroxyl groups excluding tert-OH is 1.